The Bertz CT molecular complexity index is 489. The smallest absolute Gasteiger partial charge is 0.323 e. The molecule has 0 aliphatic carbocycles. The minimum absolute atomic E-state index is 0.189. The lowest BCUT2D eigenvalue weighted by Gasteiger charge is -2.36. The first-order chi connectivity index (χ1) is 11.5. The highest BCUT2D eigenvalue weighted by molar-refractivity contribution is 5.82. The van der Waals surface area contributed by atoms with Crippen LogP contribution in [0.25, 0.3) is 0 Å². The summed E-state index contributed by atoms with van der Waals surface area (Å²) in [6.45, 7) is 5.11. The minimum atomic E-state index is -0.364. The van der Waals surface area contributed by atoms with E-state index < -0.39 is 0 Å². The third kappa shape index (κ3) is 6.17. The van der Waals surface area contributed by atoms with Crippen LogP contribution < -0.4 is 0 Å². The van der Waals surface area contributed by atoms with Gasteiger partial charge >= 0.3 is 5.97 Å². The van der Waals surface area contributed by atoms with Crippen molar-refractivity contribution in [3.8, 4) is 12.1 Å². The van der Waals surface area contributed by atoms with Gasteiger partial charge < -0.3 is 9.64 Å². The average molecular weight is 334 g/mol. The fraction of sp³-hybridized carbons (Fsp3) is 0.765. The highest BCUT2D eigenvalue weighted by Crippen LogP contribution is 2.20. The Hall–Kier alpha value is -2.12. The van der Waals surface area contributed by atoms with Crippen molar-refractivity contribution in [3.05, 3.63) is 0 Å². The van der Waals surface area contributed by atoms with Crippen LogP contribution in [0, 0.1) is 22.7 Å². The van der Waals surface area contributed by atoms with Crippen LogP contribution in [0.3, 0.4) is 0 Å². The summed E-state index contributed by atoms with van der Waals surface area (Å²) in [5.74, 6) is -0.724. The number of nitrogens with zero attached hydrogens (tertiary/aromatic N) is 4. The molecule has 1 heterocycles. The number of ether oxygens (including phenoxy) is 1. The number of esters is 1. The standard InChI is InChI=1S/C17H26N4O3/c1-14(2)21-12-4-3-7-15(21)17(23)24-13-16(22)20(10-5-8-18)11-6-9-19/h14-15H,3-7,10-13H2,1-2H3/t15-/m0/s1. The summed E-state index contributed by atoms with van der Waals surface area (Å²) in [7, 11) is 0. The first kappa shape index (κ1) is 19.9. The molecule has 0 aromatic rings. The molecule has 132 valence electrons. The molecule has 1 aliphatic rings. The number of amides is 1. The molecule has 7 nitrogen and oxygen atoms in total. The van der Waals surface area contributed by atoms with Gasteiger partial charge in [-0.15, -0.1) is 0 Å². The van der Waals surface area contributed by atoms with Crippen molar-refractivity contribution >= 4 is 11.9 Å². The molecular weight excluding hydrogens is 308 g/mol. The van der Waals surface area contributed by atoms with Gasteiger partial charge in [0.15, 0.2) is 6.61 Å². The summed E-state index contributed by atoms with van der Waals surface area (Å²) in [6.07, 6.45) is 3.17. The van der Waals surface area contributed by atoms with E-state index in [0.29, 0.717) is 0 Å². The molecule has 0 aromatic heterocycles. The predicted octanol–water partition coefficient (Wildman–Crippen LogP) is 1.45. The van der Waals surface area contributed by atoms with E-state index in [1.807, 2.05) is 26.0 Å². The van der Waals surface area contributed by atoms with Gasteiger partial charge in [0.1, 0.15) is 6.04 Å². The van der Waals surface area contributed by atoms with Crippen LogP contribution in [-0.2, 0) is 14.3 Å². The lowest BCUT2D eigenvalue weighted by molar-refractivity contribution is -0.158. The fourth-order valence-corrected chi connectivity index (χ4v) is 2.88. The monoisotopic (exact) mass is 334 g/mol. The summed E-state index contributed by atoms with van der Waals surface area (Å²) in [5, 5.41) is 17.3. The first-order valence-corrected chi connectivity index (χ1v) is 8.45. The number of nitriles is 2. The van der Waals surface area contributed by atoms with Gasteiger partial charge in [0, 0.05) is 19.1 Å². The summed E-state index contributed by atoms with van der Waals surface area (Å²) in [6, 6.07) is 3.90. The van der Waals surface area contributed by atoms with Crippen LogP contribution in [-0.4, -0.2) is 60.0 Å². The van der Waals surface area contributed by atoms with Crippen molar-refractivity contribution in [1.82, 2.24) is 9.80 Å². The molecule has 0 unspecified atom stereocenters. The number of carbonyl (C=O) groups excluding carboxylic acids is 2. The quantitative estimate of drug-likeness (QED) is 0.623. The molecule has 1 atom stereocenters. The van der Waals surface area contributed by atoms with Gasteiger partial charge in [0.2, 0.25) is 0 Å². The van der Waals surface area contributed by atoms with Gasteiger partial charge in [-0.1, -0.05) is 6.42 Å². The largest absolute Gasteiger partial charge is 0.454 e. The molecule has 1 aliphatic heterocycles. The predicted molar refractivity (Wildman–Crippen MR) is 87.5 cm³/mol. The lowest BCUT2D eigenvalue weighted by atomic mass is 10.0. The summed E-state index contributed by atoms with van der Waals surface area (Å²) in [4.78, 5) is 28.0. The Morgan fingerprint density at radius 2 is 1.83 bits per heavy atom. The number of hydrogen-bond acceptors (Lipinski definition) is 6. The number of likely N-dealkylation sites (tertiary alicyclic amines) is 1. The summed E-state index contributed by atoms with van der Waals surface area (Å²) < 4.78 is 5.23. The topological polar surface area (TPSA) is 97.4 Å². The van der Waals surface area contributed by atoms with E-state index in [2.05, 4.69) is 4.90 Å². The van der Waals surface area contributed by atoms with Crippen molar-refractivity contribution in [2.75, 3.05) is 26.2 Å². The molecule has 7 heteroatoms. The Labute approximate surface area is 143 Å². The van der Waals surface area contributed by atoms with Crippen molar-refractivity contribution in [3.63, 3.8) is 0 Å². The van der Waals surface area contributed by atoms with E-state index in [1.165, 1.54) is 4.90 Å². The molecule has 0 aromatic carbocycles. The number of piperidine rings is 1. The zero-order chi connectivity index (χ0) is 17.9. The lowest BCUT2D eigenvalue weighted by Crippen LogP contribution is -2.49. The summed E-state index contributed by atoms with van der Waals surface area (Å²) >= 11 is 0. The summed E-state index contributed by atoms with van der Waals surface area (Å²) in [5.41, 5.74) is 0. The van der Waals surface area contributed by atoms with Gasteiger partial charge in [0.05, 0.1) is 25.0 Å². The molecule has 0 radical (unpaired) electrons. The van der Waals surface area contributed by atoms with Crippen LogP contribution in [0.15, 0.2) is 0 Å². The second-order valence-corrected chi connectivity index (χ2v) is 6.15. The average Bonchev–Trinajstić information content (AvgIpc) is 2.59. The maximum absolute atomic E-state index is 12.3. The molecule has 1 fully saturated rings. The molecule has 1 rings (SSSR count). The maximum Gasteiger partial charge on any atom is 0.323 e. The van der Waals surface area contributed by atoms with Gasteiger partial charge in [-0.3, -0.25) is 14.5 Å². The van der Waals surface area contributed by atoms with Crippen molar-refractivity contribution < 1.29 is 14.3 Å². The van der Waals surface area contributed by atoms with Crippen molar-refractivity contribution in [2.45, 2.75) is 58.0 Å². The fourth-order valence-electron chi connectivity index (χ4n) is 2.88. The highest BCUT2D eigenvalue weighted by Gasteiger charge is 2.32. The molecule has 24 heavy (non-hydrogen) atoms. The normalized spacial score (nSPS) is 17.8. The SMILES string of the molecule is CC(C)N1CCCC[C@H]1C(=O)OCC(=O)N(CCC#N)CCC#N. The zero-order valence-corrected chi connectivity index (χ0v) is 14.5. The van der Waals surface area contributed by atoms with Crippen LogP contribution >= 0.6 is 0 Å². The first-order valence-electron chi connectivity index (χ1n) is 8.45. The Morgan fingerprint density at radius 1 is 1.21 bits per heavy atom. The van der Waals surface area contributed by atoms with E-state index in [1.54, 1.807) is 0 Å². The Balaban J connectivity index is 2.55. The maximum atomic E-state index is 12.3. The van der Waals surface area contributed by atoms with E-state index in [9.17, 15) is 9.59 Å². The third-order valence-corrected chi connectivity index (χ3v) is 4.16. The third-order valence-electron chi connectivity index (χ3n) is 4.16. The molecular formula is C17H26N4O3. The molecule has 1 amide bonds. The Morgan fingerprint density at radius 3 is 2.38 bits per heavy atom. The number of carbonyl (C=O) groups is 2. The van der Waals surface area contributed by atoms with Gasteiger partial charge in [0.25, 0.3) is 5.91 Å². The van der Waals surface area contributed by atoms with Crippen molar-refractivity contribution in [2.24, 2.45) is 0 Å². The van der Waals surface area contributed by atoms with Crippen LogP contribution in [0.4, 0.5) is 0 Å². The minimum Gasteiger partial charge on any atom is -0.454 e. The zero-order valence-electron chi connectivity index (χ0n) is 14.5. The molecule has 0 bridgehead atoms. The van der Waals surface area contributed by atoms with Gasteiger partial charge in [-0.2, -0.15) is 10.5 Å². The van der Waals surface area contributed by atoms with Crippen LogP contribution in [0.2, 0.25) is 0 Å². The van der Waals surface area contributed by atoms with E-state index >= 15 is 0 Å². The van der Waals surface area contributed by atoms with Crippen LogP contribution in [0.1, 0.15) is 46.0 Å². The Kier molecular flexibility index (Phi) is 8.81. The van der Waals surface area contributed by atoms with Crippen molar-refractivity contribution in [1.29, 1.82) is 10.5 Å². The second-order valence-electron chi connectivity index (χ2n) is 6.15. The molecule has 0 saturated carbocycles. The number of hydrogen-bond donors (Lipinski definition) is 0. The second kappa shape index (κ2) is 10.6. The number of rotatable bonds is 8. The molecule has 1 saturated heterocycles. The highest BCUT2D eigenvalue weighted by atomic mass is 16.5. The van der Waals surface area contributed by atoms with E-state index in [4.69, 9.17) is 15.3 Å². The molecule has 0 N–H and O–H groups in total. The van der Waals surface area contributed by atoms with Gasteiger partial charge in [-0.25, -0.2) is 0 Å². The van der Waals surface area contributed by atoms with Gasteiger partial charge in [-0.05, 0) is 33.2 Å². The van der Waals surface area contributed by atoms with E-state index in [0.717, 1.165) is 25.8 Å². The molecule has 0 spiro atoms. The van der Waals surface area contributed by atoms with Crippen LogP contribution in [0.5, 0.6) is 0 Å². The van der Waals surface area contributed by atoms with E-state index in [-0.39, 0.29) is 56.5 Å².